The zero-order valence-corrected chi connectivity index (χ0v) is 9.94. The molecule has 1 heterocycles. The molecule has 3 nitrogen and oxygen atoms in total. The summed E-state index contributed by atoms with van der Waals surface area (Å²) in [7, 11) is 0. The molecule has 1 unspecified atom stereocenters. The molecule has 0 aliphatic heterocycles. The summed E-state index contributed by atoms with van der Waals surface area (Å²) in [4.78, 5) is 4.42. The summed E-state index contributed by atoms with van der Waals surface area (Å²) in [6, 6.07) is 7.47. The Kier molecular flexibility index (Phi) is 2.65. The SMILES string of the molecule is OC1CCc2oc(-c3ccccc3Cl)nc2C1. The van der Waals surface area contributed by atoms with E-state index in [-0.39, 0.29) is 6.10 Å². The predicted molar refractivity (Wildman–Crippen MR) is 65.0 cm³/mol. The molecule has 0 saturated carbocycles. The number of nitrogens with zero attached hydrogens (tertiary/aromatic N) is 1. The lowest BCUT2D eigenvalue weighted by Crippen LogP contribution is -2.17. The van der Waals surface area contributed by atoms with Gasteiger partial charge in [-0.25, -0.2) is 4.98 Å². The highest BCUT2D eigenvalue weighted by Gasteiger charge is 2.23. The third kappa shape index (κ3) is 1.96. The van der Waals surface area contributed by atoms with Crippen LogP contribution in [0.15, 0.2) is 28.7 Å². The molecule has 88 valence electrons. The van der Waals surface area contributed by atoms with E-state index in [0.717, 1.165) is 29.9 Å². The topological polar surface area (TPSA) is 46.3 Å². The number of benzene rings is 1. The van der Waals surface area contributed by atoms with Crippen LogP contribution in [-0.2, 0) is 12.8 Å². The fourth-order valence-electron chi connectivity index (χ4n) is 2.11. The van der Waals surface area contributed by atoms with Crippen LogP contribution >= 0.6 is 11.6 Å². The van der Waals surface area contributed by atoms with Gasteiger partial charge < -0.3 is 9.52 Å². The van der Waals surface area contributed by atoms with Crippen molar-refractivity contribution in [3.63, 3.8) is 0 Å². The van der Waals surface area contributed by atoms with Crippen molar-refractivity contribution in [2.45, 2.75) is 25.4 Å². The third-order valence-corrected chi connectivity index (χ3v) is 3.35. The number of aliphatic hydroxyl groups is 1. The molecule has 0 saturated heterocycles. The summed E-state index contributed by atoms with van der Waals surface area (Å²) in [5, 5.41) is 10.2. The molecule has 1 aliphatic rings. The maximum atomic E-state index is 9.58. The van der Waals surface area contributed by atoms with Crippen molar-refractivity contribution in [2.75, 3.05) is 0 Å². The number of aliphatic hydroxyl groups excluding tert-OH is 1. The standard InChI is InChI=1S/C13H12ClNO2/c14-10-4-2-1-3-9(10)13-15-11-7-8(16)5-6-12(11)17-13/h1-4,8,16H,5-7H2. The summed E-state index contributed by atoms with van der Waals surface area (Å²) in [5.41, 5.74) is 1.66. The number of rotatable bonds is 1. The molecule has 0 radical (unpaired) electrons. The molecule has 0 spiro atoms. The van der Waals surface area contributed by atoms with Gasteiger partial charge in [0.05, 0.1) is 22.4 Å². The predicted octanol–water partition coefficient (Wildman–Crippen LogP) is 2.84. The van der Waals surface area contributed by atoms with Gasteiger partial charge in [-0.05, 0) is 18.6 Å². The smallest absolute Gasteiger partial charge is 0.228 e. The van der Waals surface area contributed by atoms with Gasteiger partial charge in [0.15, 0.2) is 0 Å². The van der Waals surface area contributed by atoms with Gasteiger partial charge in [-0.1, -0.05) is 23.7 Å². The first kappa shape index (κ1) is 10.8. The fraction of sp³-hybridized carbons (Fsp3) is 0.308. The Bertz CT molecular complexity index is 550. The molecule has 0 amide bonds. The summed E-state index contributed by atoms with van der Waals surface area (Å²) in [6.45, 7) is 0. The van der Waals surface area contributed by atoms with E-state index in [1.54, 1.807) is 0 Å². The Labute approximate surface area is 104 Å². The molecule has 3 rings (SSSR count). The van der Waals surface area contributed by atoms with Crippen molar-refractivity contribution in [1.82, 2.24) is 4.98 Å². The van der Waals surface area contributed by atoms with Gasteiger partial charge in [-0.3, -0.25) is 0 Å². The van der Waals surface area contributed by atoms with Gasteiger partial charge >= 0.3 is 0 Å². The molecular weight excluding hydrogens is 238 g/mol. The van der Waals surface area contributed by atoms with Crippen molar-refractivity contribution >= 4 is 11.6 Å². The molecule has 1 aliphatic carbocycles. The lowest BCUT2D eigenvalue weighted by atomic mass is 9.99. The first-order chi connectivity index (χ1) is 8.24. The highest BCUT2D eigenvalue weighted by Crippen LogP contribution is 2.31. The number of oxazole rings is 1. The summed E-state index contributed by atoms with van der Waals surface area (Å²) >= 11 is 6.10. The minimum atomic E-state index is -0.299. The van der Waals surface area contributed by atoms with Crippen LogP contribution in [-0.4, -0.2) is 16.2 Å². The molecular formula is C13H12ClNO2. The maximum absolute atomic E-state index is 9.58. The number of hydrogen-bond acceptors (Lipinski definition) is 3. The van der Waals surface area contributed by atoms with Crippen LogP contribution in [0.5, 0.6) is 0 Å². The van der Waals surface area contributed by atoms with Crippen LogP contribution < -0.4 is 0 Å². The van der Waals surface area contributed by atoms with Crippen LogP contribution in [0, 0.1) is 0 Å². The second-order valence-corrected chi connectivity index (χ2v) is 4.67. The molecule has 0 fully saturated rings. The summed E-state index contributed by atoms with van der Waals surface area (Å²) < 4.78 is 5.71. The Hall–Kier alpha value is -1.32. The maximum Gasteiger partial charge on any atom is 0.228 e. The number of aromatic nitrogens is 1. The van der Waals surface area contributed by atoms with Gasteiger partial charge in [0.2, 0.25) is 5.89 Å². The molecule has 2 aromatic rings. The molecule has 1 aromatic carbocycles. The molecule has 1 N–H and O–H groups in total. The fourth-order valence-corrected chi connectivity index (χ4v) is 2.33. The minimum absolute atomic E-state index is 0.299. The second kappa shape index (κ2) is 4.17. The van der Waals surface area contributed by atoms with Crippen LogP contribution in [0.1, 0.15) is 17.9 Å². The van der Waals surface area contributed by atoms with E-state index in [0.29, 0.717) is 17.3 Å². The zero-order valence-electron chi connectivity index (χ0n) is 9.19. The number of halogens is 1. The van der Waals surface area contributed by atoms with Crippen molar-refractivity contribution in [2.24, 2.45) is 0 Å². The number of fused-ring (bicyclic) bond motifs is 1. The highest BCUT2D eigenvalue weighted by molar-refractivity contribution is 6.33. The van der Waals surface area contributed by atoms with E-state index in [4.69, 9.17) is 16.0 Å². The van der Waals surface area contributed by atoms with Crippen molar-refractivity contribution in [1.29, 1.82) is 0 Å². The van der Waals surface area contributed by atoms with Gasteiger partial charge in [0.1, 0.15) is 5.76 Å². The van der Waals surface area contributed by atoms with Gasteiger partial charge in [0.25, 0.3) is 0 Å². The Balaban J connectivity index is 2.03. The monoisotopic (exact) mass is 249 g/mol. The number of hydrogen-bond donors (Lipinski definition) is 1. The van der Waals surface area contributed by atoms with Gasteiger partial charge in [0, 0.05) is 12.8 Å². The second-order valence-electron chi connectivity index (χ2n) is 4.27. The van der Waals surface area contributed by atoms with E-state index in [1.807, 2.05) is 24.3 Å². The van der Waals surface area contributed by atoms with E-state index >= 15 is 0 Å². The lowest BCUT2D eigenvalue weighted by Gasteiger charge is -2.13. The Morgan fingerprint density at radius 2 is 2.18 bits per heavy atom. The molecule has 1 atom stereocenters. The average Bonchev–Trinajstić information content (AvgIpc) is 2.72. The van der Waals surface area contributed by atoms with E-state index in [1.165, 1.54) is 0 Å². The van der Waals surface area contributed by atoms with Crippen molar-refractivity contribution < 1.29 is 9.52 Å². The van der Waals surface area contributed by atoms with E-state index < -0.39 is 0 Å². The minimum Gasteiger partial charge on any atom is -0.441 e. The first-order valence-electron chi connectivity index (χ1n) is 5.65. The lowest BCUT2D eigenvalue weighted by molar-refractivity contribution is 0.153. The van der Waals surface area contributed by atoms with Crippen LogP contribution in [0.2, 0.25) is 5.02 Å². The molecule has 17 heavy (non-hydrogen) atoms. The molecule has 4 heteroatoms. The Morgan fingerprint density at radius 3 is 3.00 bits per heavy atom. The zero-order chi connectivity index (χ0) is 11.8. The molecule has 0 bridgehead atoms. The van der Waals surface area contributed by atoms with Crippen LogP contribution in [0.4, 0.5) is 0 Å². The summed E-state index contributed by atoms with van der Waals surface area (Å²) in [6.07, 6.45) is 1.76. The highest BCUT2D eigenvalue weighted by atomic mass is 35.5. The summed E-state index contributed by atoms with van der Waals surface area (Å²) in [5.74, 6) is 1.43. The van der Waals surface area contributed by atoms with Gasteiger partial charge in [-0.2, -0.15) is 0 Å². The molecule has 1 aromatic heterocycles. The quantitative estimate of drug-likeness (QED) is 0.845. The van der Waals surface area contributed by atoms with Crippen LogP contribution in [0.25, 0.3) is 11.5 Å². The van der Waals surface area contributed by atoms with Gasteiger partial charge in [-0.15, -0.1) is 0 Å². The first-order valence-corrected chi connectivity index (χ1v) is 6.03. The van der Waals surface area contributed by atoms with Crippen molar-refractivity contribution in [3.8, 4) is 11.5 Å². The average molecular weight is 250 g/mol. The van der Waals surface area contributed by atoms with Crippen molar-refractivity contribution in [3.05, 3.63) is 40.7 Å². The third-order valence-electron chi connectivity index (χ3n) is 3.02. The van der Waals surface area contributed by atoms with Crippen LogP contribution in [0.3, 0.4) is 0 Å². The van der Waals surface area contributed by atoms with E-state index in [9.17, 15) is 5.11 Å². The van der Waals surface area contributed by atoms with E-state index in [2.05, 4.69) is 4.98 Å². The Morgan fingerprint density at radius 1 is 1.35 bits per heavy atom. The largest absolute Gasteiger partial charge is 0.441 e. The normalized spacial score (nSPS) is 19.1. The number of aryl methyl sites for hydroxylation is 1.